The van der Waals surface area contributed by atoms with Crippen LogP contribution in [-0.4, -0.2) is 34.6 Å². The predicted molar refractivity (Wildman–Crippen MR) is 141 cm³/mol. The molecule has 180 valence electrons. The Hall–Kier alpha value is -2.53. The Bertz CT molecular complexity index is 1030. The summed E-state index contributed by atoms with van der Waals surface area (Å²) in [7, 11) is 0. The summed E-state index contributed by atoms with van der Waals surface area (Å²) in [5.41, 5.74) is 3.38. The number of carbonyl (C=O) groups is 2. The first-order valence-corrected chi connectivity index (χ1v) is 13.4. The second kappa shape index (κ2) is 11.3. The number of thioether (sulfide) groups is 1. The molecule has 2 aromatic carbocycles. The maximum absolute atomic E-state index is 13.7. The molecule has 1 heterocycles. The summed E-state index contributed by atoms with van der Waals surface area (Å²) in [4.78, 5) is 29.5. The molecule has 1 N–H and O–H groups in total. The Balaban J connectivity index is 1.56. The van der Waals surface area contributed by atoms with E-state index in [9.17, 15) is 9.59 Å². The topological polar surface area (TPSA) is 49.4 Å². The minimum Gasteiger partial charge on any atom is -0.356 e. The standard InChI is InChI=1S/C29H36N2O2S/c1-20(2)14-15-30-28(32)24-12-13-26-25(18-24)31(19-23-11-7-8-21(3)16-23)29(33)27(34-26)17-22-9-5-4-6-10-22/h4-11,16-17,20,24-26H,12-15,18-19H2,1-3H3,(H,30,32)/b27-17-. The number of hydrogen-bond acceptors (Lipinski definition) is 3. The highest BCUT2D eigenvalue weighted by Crippen LogP contribution is 2.44. The minimum atomic E-state index is -0.0264. The lowest BCUT2D eigenvalue weighted by Gasteiger charge is -2.46. The number of carbonyl (C=O) groups excluding carboxylic acids is 2. The van der Waals surface area contributed by atoms with Gasteiger partial charge in [-0.05, 0) is 55.7 Å². The van der Waals surface area contributed by atoms with Crippen molar-refractivity contribution in [2.75, 3.05) is 6.54 Å². The Kier molecular flexibility index (Phi) is 8.15. The van der Waals surface area contributed by atoms with Crippen LogP contribution in [0, 0.1) is 18.8 Å². The fourth-order valence-electron chi connectivity index (χ4n) is 4.95. The van der Waals surface area contributed by atoms with Crippen LogP contribution < -0.4 is 5.32 Å². The molecule has 34 heavy (non-hydrogen) atoms. The third-order valence-corrected chi connectivity index (χ3v) is 8.23. The molecule has 2 amide bonds. The van der Waals surface area contributed by atoms with Gasteiger partial charge in [0.25, 0.3) is 5.91 Å². The molecule has 4 rings (SSSR count). The summed E-state index contributed by atoms with van der Waals surface area (Å²) < 4.78 is 0. The average molecular weight is 477 g/mol. The molecular formula is C29H36N2O2S. The van der Waals surface area contributed by atoms with Crippen molar-refractivity contribution in [3.63, 3.8) is 0 Å². The van der Waals surface area contributed by atoms with Crippen molar-refractivity contribution in [2.24, 2.45) is 11.8 Å². The molecule has 1 saturated heterocycles. The van der Waals surface area contributed by atoms with Crippen LogP contribution in [0.25, 0.3) is 6.08 Å². The van der Waals surface area contributed by atoms with Gasteiger partial charge in [0.1, 0.15) is 0 Å². The number of hydrogen-bond donors (Lipinski definition) is 1. The quantitative estimate of drug-likeness (QED) is 0.513. The molecule has 0 spiro atoms. The molecule has 0 bridgehead atoms. The van der Waals surface area contributed by atoms with E-state index in [0.717, 1.165) is 48.3 Å². The van der Waals surface area contributed by atoms with Gasteiger partial charge in [-0.25, -0.2) is 0 Å². The van der Waals surface area contributed by atoms with Gasteiger partial charge in [-0.3, -0.25) is 9.59 Å². The highest BCUT2D eigenvalue weighted by Gasteiger charge is 2.44. The highest BCUT2D eigenvalue weighted by molar-refractivity contribution is 8.04. The number of aryl methyl sites for hydroxylation is 1. The molecule has 0 radical (unpaired) electrons. The second-order valence-electron chi connectivity index (χ2n) is 10.0. The molecule has 1 saturated carbocycles. The molecule has 1 aliphatic carbocycles. The number of amides is 2. The van der Waals surface area contributed by atoms with Crippen molar-refractivity contribution in [1.29, 1.82) is 0 Å². The lowest BCUT2D eigenvalue weighted by Crippen LogP contribution is -2.53. The average Bonchev–Trinajstić information content (AvgIpc) is 2.82. The van der Waals surface area contributed by atoms with Gasteiger partial charge in [-0.15, -0.1) is 11.8 Å². The van der Waals surface area contributed by atoms with Crippen molar-refractivity contribution < 1.29 is 9.59 Å². The SMILES string of the molecule is Cc1cccc(CN2C(=O)/C(=C/c3ccccc3)SC3CCC(C(=O)NCCC(C)C)CC32)c1. The largest absolute Gasteiger partial charge is 0.356 e. The molecule has 3 atom stereocenters. The zero-order valence-electron chi connectivity index (χ0n) is 20.5. The Morgan fingerprint density at radius 2 is 1.94 bits per heavy atom. The van der Waals surface area contributed by atoms with Crippen molar-refractivity contribution in [3.8, 4) is 0 Å². The smallest absolute Gasteiger partial charge is 0.260 e. The maximum atomic E-state index is 13.7. The van der Waals surface area contributed by atoms with Crippen LogP contribution in [0.5, 0.6) is 0 Å². The van der Waals surface area contributed by atoms with E-state index >= 15 is 0 Å². The van der Waals surface area contributed by atoms with Crippen LogP contribution >= 0.6 is 11.8 Å². The van der Waals surface area contributed by atoms with Gasteiger partial charge in [0.15, 0.2) is 0 Å². The van der Waals surface area contributed by atoms with Gasteiger partial charge < -0.3 is 10.2 Å². The molecule has 2 fully saturated rings. The highest BCUT2D eigenvalue weighted by atomic mass is 32.2. The first kappa shape index (κ1) is 24.6. The molecule has 2 aliphatic rings. The summed E-state index contributed by atoms with van der Waals surface area (Å²) in [6.45, 7) is 7.73. The third-order valence-electron chi connectivity index (χ3n) is 6.83. The van der Waals surface area contributed by atoms with Gasteiger partial charge in [0.05, 0.1) is 4.91 Å². The first-order chi connectivity index (χ1) is 16.4. The van der Waals surface area contributed by atoms with Gasteiger partial charge in [-0.2, -0.15) is 0 Å². The second-order valence-corrected chi connectivity index (χ2v) is 11.3. The molecule has 4 nitrogen and oxygen atoms in total. The van der Waals surface area contributed by atoms with E-state index in [4.69, 9.17) is 0 Å². The number of nitrogens with one attached hydrogen (secondary N) is 1. The van der Waals surface area contributed by atoms with Crippen LogP contribution in [0.15, 0.2) is 59.5 Å². The van der Waals surface area contributed by atoms with Crippen LogP contribution in [0.4, 0.5) is 0 Å². The van der Waals surface area contributed by atoms with Crippen molar-refractivity contribution in [1.82, 2.24) is 10.2 Å². The van der Waals surface area contributed by atoms with Gasteiger partial charge in [-0.1, -0.05) is 74.0 Å². The van der Waals surface area contributed by atoms with Crippen LogP contribution in [0.1, 0.15) is 56.2 Å². The van der Waals surface area contributed by atoms with E-state index < -0.39 is 0 Å². The van der Waals surface area contributed by atoms with Crippen LogP contribution in [0.2, 0.25) is 0 Å². The van der Waals surface area contributed by atoms with E-state index in [1.807, 2.05) is 41.3 Å². The van der Waals surface area contributed by atoms with Crippen LogP contribution in [-0.2, 0) is 16.1 Å². The van der Waals surface area contributed by atoms with E-state index in [1.54, 1.807) is 11.8 Å². The monoisotopic (exact) mass is 476 g/mol. The van der Waals surface area contributed by atoms with Gasteiger partial charge >= 0.3 is 0 Å². The fraction of sp³-hybridized carbons (Fsp3) is 0.448. The molecule has 5 heteroatoms. The van der Waals surface area contributed by atoms with Gasteiger partial charge in [0, 0.05) is 30.3 Å². The summed E-state index contributed by atoms with van der Waals surface area (Å²) in [6.07, 6.45) is 5.58. The summed E-state index contributed by atoms with van der Waals surface area (Å²) in [5, 5.41) is 3.46. The number of benzene rings is 2. The zero-order chi connectivity index (χ0) is 24.1. The molecule has 3 unspecified atom stereocenters. The lowest BCUT2D eigenvalue weighted by atomic mass is 9.83. The minimum absolute atomic E-state index is 0.0264. The van der Waals surface area contributed by atoms with Crippen molar-refractivity contribution >= 4 is 29.7 Å². The Labute approximate surface area is 208 Å². The van der Waals surface area contributed by atoms with Crippen molar-refractivity contribution in [3.05, 3.63) is 76.2 Å². The molecule has 2 aromatic rings. The maximum Gasteiger partial charge on any atom is 0.260 e. The summed E-state index contributed by atoms with van der Waals surface area (Å²) >= 11 is 1.71. The normalized spacial score (nSPS) is 23.8. The fourth-order valence-corrected chi connectivity index (χ4v) is 6.37. The molecular weight excluding hydrogens is 440 g/mol. The predicted octanol–water partition coefficient (Wildman–Crippen LogP) is 5.81. The number of nitrogens with zero attached hydrogens (tertiary/aromatic N) is 1. The number of rotatable bonds is 7. The summed E-state index contributed by atoms with van der Waals surface area (Å²) in [6, 6.07) is 18.5. The third kappa shape index (κ3) is 6.12. The van der Waals surface area contributed by atoms with Crippen molar-refractivity contribution in [2.45, 2.75) is 64.3 Å². The van der Waals surface area contributed by atoms with Crippen LogP contribution in [0.3, 0.4) is 0 Å². The summed E-state index contributed by atoms with van der Waals surface area (Å²) in [5.74, 6) is 0.777. The van der Waals surface area contributed by atoms with E-state index in [2.05, 4.69) is 50.4 Å². The number of fused-ring (bicyclic) bond motifs is 1. The van der Waals surface area contributed by atoms with E-state index in [1.165, 1.54) is 5.56 Å². The van der Waals surface area contributed by atoms with E-state index in [-0.39, 0.29) is 23.8 Å². The van der Waals surface area contributed by atoms with Gasteiger partial charge in [0.2, 0.25) is 5.91 Å². The Morgan fingerprint density at radius 3 is 2.68 bits per heavy atom. The van der Waals surface area contributed by atoms with E-state index in [0.29, 0.717) is 17.7 Å². The Morgan fingerprint density at radius 1 is 1.15 bits per heavy atom. The zero-order valence-corrected chi connectivity index (χ0v) is 21.3. The molecule has 0 aromatic heterocycles. The molecule has 1 aliphatic heterocycles. The lowest BCUT2D eigenvalue weighted by molar-refractivity contribution is -0.133. The first-order valence-electron chi connectivity index (χ1n) is 12.5.